The fraction of sp³-hybridized carbons (Fsp3) is 0.179. The van der Waals surface area contributed by atoms with Crippen molar-refractivity contribution in [2.75, 3.05) is 6.61 Å². The predicted molar refractivity (Wildman–Crippen MR) is 147 cm³/mol. The molecule has 5 rings (SSSR count). The number of thiazole rings is 1. The van der Waals surface area contributed by atoms with Gasteiger partial charge in [-0.1, -0.05) is 59.3 Å². The number of fused-ring (bicyclic) bond motifs is 1. The van der Waals surface area contributed by atoms with Gasteiger partial charge in [0.25, 0.3) is 5.56 Å². The maximum absolute atomic E-state index is 13.6. The minimum Gasteiger partial charge on any atom is -0.489 e. The quantitative estimate of drug-likeness (QED) is 0.300. The molecule has 3 heterocycles. The molecule has 1 aliphatic rings. The first-order chi connectivity index (χ1) is 18.0. The van der Waals surface area contributed by atoms with Crippen LogP contribution < -0.4 is 19.6 Å². The second-order valence-electron chi connectivity index (χ2n) is 8.27. The van der Waals surface area contributed by atoms with E-state index in [1.165, 1.54) is 22.7 Å². The Balaban J connectivity index is 1.47. The molecule has 6 nitrogen and oxygen atoms in total. The molecule has 0 saturated carbocycles. The van der Waals surface area contributed by atoms with E-state index in [1.807, 2.05) is 72.1 Å². The molecule has 0 bridgehead atoms. The van der Waals surface area contributed by atoms with Crippen LogP contribution in [-0.2, 0) is 16.1 Å². The van der Waals surface area contributed by atoms with Gasteiger partial charge >= 0.3 is 5.97 Å². The lowest BCUT2D eigenvalue weighted by Crippen LogP contribution is -2.39. The highest BCUT2D eigenvalue weighted by molar-refractivity contribution is 7.10. The molecule has 37 heavy (non-hydrogen) atoms. The van der Waals surface area contributed by atoms with Crippen molar-refractivity contribution in [3.8, 4) is 5.75 Å². The minimum absolute atomic E-state index is 0.199. The van der Waals surface area contributed by atoms with Crippen LogP contribution in [-0.4, -0.2) is 17.1 Å². The van der Waals surface area contributed by atoms with Crippen LogP contribution in [0.1, 0.15) is 35.9 Å². The van der Waals surface area contributed by atoms with Gasteiger partial charge < -0.3 is 9.47 Å². The predicted octanol–water partition coefficient (Wildman–Crippen LogP) is 5.09. The number of hydrogen-bond donors (Lipinski definition) is 0. The molecule has 0 N–H and O–H groups in total. The van der Waals surface area contributed by atoms with Gasteiger partial charge in [-0.15, -0.1) is 11.3 Å². The van der Waals surface area contributed by atoms with E-state index in [-0.39, 0.29) is 12.2 Å². The summed E-state index contributed by atoms with van der Waals surface area (Å²) in [6.07, 6.45) is 1.83. The number of thiophene rings is 1. The second kappa shape index (κ2) is 10.9. The molecule has 0 unspecified atom stereocenters. The Labute approximate surface area is 226 Å². The van der Waals surface area contributed by atoms with Crippen molar-refractivity contribution >= 4 is 46.3 Å². The maximum atomic E-state index is 13.6. The summed E-state index contributed by atoms with van der Waals surface area (Å²) in [4.78, 5) is 32.5. The molecule has 1 aliphatic heterocycles. The van der Waals surface area contributed by atoms with Crippen molar-refractivity contribution in [2.45, 2.75) is 26.5 Å². The third kappa shape index (κ3) is 5.18. The van der Waals surface area contributed by atoms with Crippen molar-refractivity contribution in [1.82, 2.24) is 4.57 Å². The van der Waals surface area contributed by atoms with Gasteiger partial charge in [0.15, 0.2) is 4.80 Å². The number of allylic oxidation sites excluding steroid dienone is 1. The van der Waals surface area contributed by atoms with Crippen LogP contribution in [0.4, 0.5) is 0 Å². The van der Waals surface area contributed by atoms with Crippen LogP contribution in [0.25, 0.3) is 6.08 Å². The van der Waals surface area contributed by atoms with Crippen molar-refractivity contribution < 1.29 is 14.3 Å². The number of benzene rings is 2. The number of carbonyl (C=O) groups is 1. The van der Waals surface area contributed by atoms with Crippen molar-refractivity contribution in [3.05, 3.63) is 118 Å². The van der Waals surface area contributed by atoms with Crippen molar-refractivity contribution in [2.24, 2.45) is 4.99 Å². The van der Waals surface area contributed by atoms with E-state index in [1.54, 1.807) is 18.4 Å². The Morgan fingerprint density at radius 3 is 2.62 bits per heavy atom. The van der Waals surface area contributed by atoms with Crippen LogP contribution in [0.3, 0.4) is 0 Å². The molecule has 0 spiro atoms. The summed E-state index contributed by atoms with van der Waals surface area (Å²) in [5, 5.41) is 2.59. The van der Waals surface area contributed by atoms with E-state index in [2.05, 4.69) is 4.99 Å². The Bertz CT molecular complexity index is 1650. The Morgan fingerprint density at radius 2 is 1.92 bits per heavy atom. The molecule has 0 aliphatic carbocycles. The average Bonchev–Trinajstić information content (AvgIpc) is 3.52. The lowest BCUT2D eigenvalue weighted by molar-refractivity contribution is -0.139. The topological polar surface area (TPSA) is 69.9 Å². The van der Waals surface area contributed by atoms with Gasteiger partial charge in [-0.05, 0) is 55.1 Å². The highest BCUT2D eigenvalue weighted by atomic mass is 35.5. The van der Waals surface area contributed by atoms with Gasteiger partial charge in [0.2, 0.25) is 0 Å². The summed E-state index contributed by atoms with van der Waals surface area (Å²) in [7, 11) is 0. The average molecular weight is 551 g/mol. The van der Waals surface area contributed by atoms with E-state index >= 15 is 0 Å². The zero-order chi connectivity index (χ0) is 25.9. The molecule has 9 heteroatoms. The number of nitrogens with zero attached hydrogens (tertiary/aromatic N) is 2. The van der Waals surface area contributed by atoms with Gasteiger partial charge in [-0.25, -0.2) is 9.79 Å². The zero-order valence-electron chi connectivity index (χ0n) is 20.1. The van der Waals surface area contributed by atoms with E-state index in [9.17, 15) is 9.59 Å². The fourth-order valence-corrected chi connectivity index (χ4v) is 6.16. The second-order valence-corrected chi connectivity index (χ2v) is 10.7. The SMILES string of the molecule is CCOC(=O)C1=C(C)N=c2s/c(=C/c3ccc(OCc4ccccc4Cl)cc3)c(=O)n2[C@H]1c1cccs1. The Hall–Kier alpha value is -3.46. The van der Waals surface area contributed by atoms with E-state index < -0.39 is 12.0 Å². The number of rotatable bonds is 7. The summed E-state index contributed by atoms with van der Waals surface area (Å²) < 4.78 is 13.3. The third-order valence-electron chi connectivity index (χ3n) is 5.86. The number of halogens is 1. The van der Waals surface area contributed by atoms with Crippen molar-refractivity contribution in [3.63, 3.8) is 0 Å². The fourth-order valence-electron chi connectivity index (χ4n) is 4.10. The number of hydrogen-bond acceptors (Lipinski definition) is 7. The number of ether oxygens (including phenoxy) is 2. The lowest BCUT2D eigenvalue weighted by atomic mass is 10.0. The van der Waals surface area contributed by atoms with Crippen LogP contribution in [0.5, 0.6) is 5.75 Å². The molecule has 0 fully saturated rings. The Morgan fingerprint density at radius 1 is 1.14 bits per heavy atom. The van der Waals surface area contributed by atoms with E-state index in [0.29, 0.717) is 38.0 Å². The van der Waals surface area contributed by atoms with E-state index in [0.717, 1.165) is 16.0 Å². The van der Waals surface area contributed by atoms with Gasteiger partial charge in [0, 0.05) is 15.5 Å². The molecule has 2 aromatic heterocycles. The standard InChI is InChI=1S/C28H23ClN2O4S2/c1-3-34-27(33)24-17(2)30-28-31(25(24)22-9-6-14-36-22)26(32)23(37-28)15-18-10-12-20(13-11-18)35-16-19-7-4-5-8-21(19)29/h4-15,25H,3,16H2,1-2H3/b23-15+/t25-/m0/s1. The Kier molecular flexibility index (Phi) is 7.41. The maximum Gasteiger partial charge on any atom is 0.338 e. The number of aromatic nitrogens is 1. The van der Waals surface area contributed by atoms with Gasteiger partial charge in [-0.3, -0.25) is 9.36 Å². The van der Waals surface area contributed by atoms with Crippen LogP contribution in [0, 0.1) is 0 Å². The van der Waals surface area contributed by atoms with Crippen LogP contribution in [0.2, 0.25) is 5.02 Å². The molecule has 0 radical (unpaired) electrons. The molecule has 2 aromatic carbocycles. The number of esters is 1. The zero-order valence-corrected chi connectivity index (χ0v) is 22.5. The monoisotopic (exact) mass is 550 g/mol. The normalized spacial score (nSPS) is 15.3. The van der Waals surface area contributed by atoms with Crippen molar-refractivity contribution in [1.29, 1.82) is 0 Å². The third-order valence-corrected chi connectivity index (χ3v) is 8.14. The highest BCUT2D eigenvalue weighted by Gasteiger charge is 2.33. The molecule has 1 atom stereocenters. The smallest absolute Gasteiger partial charge is 0.338 e. The highest BCUT2D eigenvalue weighted by Crippen LogP contribution is 2.33. The minimum atomic E-state index is -0.571. The first-order valence-electron chi connectivity index (χ1n) is 11.7. The van der Waals surface area contributed by atoms with Gasteiger partial charge in [-0.2, -0.15) is 0 Å². The first kappa shape index (κ1) is 25.2. The molecule has 0 saturated heterocycles. The van der Waals surface area contributed by atoms with E-state index in [4.69, 9.17) is 21.1 Å². The van der Waals surface area contributed by atoms with Crippen LogP contribution >= 0.6 is 34.3 Å². The molecular formula is C28H23ClN2O4S2. The summed E-state index contributed by atoms with van der Waals surface area (Å²) in [6.45, 7) is 4.15. The summed E-state index contributed by atoms with van der Waals surface area (Å²) >= 11 is 9.00. The summed E-state index contributed by atoms with van der Waals surface area (Å²) in [5.74, 6) is 0.245. The molecule has 4 aromatic rings. The molecular weight excluding hydrogens is 528 g/mol. The molecule has 188 valence electrons. The molecule has 0 amide bonds. The van der Waals surface area contributed by atoms with Gasteiger partial charge in [0.05, 0.1) is 22.4 Å². The van der Waals surface area contributed by atoms with Crippen LogP contribution in [0.15, 0.2) is 87.1 Å². The van der Waals surface area contributed by atoms with Gasteiger partial charge in [0.1, 0.15) is 18.4 Å². The first-order valence-corrected chi connectivity index (χ1v) is 13.7. The largest absolute Gasteiger partial charge is 0.489 e. The number of carbonyl (C=O) groups excluding carboxylic acids is 1. The summed E-state index contributed by atoms with van der Waals surface area (Å²) in [6, 6.07) is 18.3. The lowest BCUT2D eigenvalue weighted by Gasteiger charge is -2.23. The summed E-state index contributed by atoms with van der Waals surface area (Å²) in [5.41, 5.74) is 2.51.